The molecule has 0 bridgehead atoms. The number of hydrogen-bond acceptors (Lipinski definition) is 1. The Kier molecular flexibility index (Phi) is 5.25. The van der Waals surface area contributed by atoms with Crippen LogP contribution in [0.2, 0.25) is 0 Å². The van der Waals surface area contributed by atoms with E-state index in [-0.39, 0.29) is 0 Å². The molecule has 0 amide bonds. The van der Waals surface area contributed by atoms with Crippen LogP contribution in [0.3, 0.4) is 0 Å². The third-order valence-corrected chi connectivity index (χ3v) is 4.82. The quantitative estimate of drug-likeness (QED) is 0.821. The number of nitrogens with one attached hydrogen (secondary N) is 1. The van der Waals surface area contributed by atoms with Crippen LogP contribution in [0, 0.1) is 11.8 Å². The van der Waals surface area contributed by atoms with Crippen LogP contribution in [0.5, 0.6) is 0 Å². The van der Waals surface area contributed by atoms with Gasteiger partial charge in [-0.05, 0) is 36.4 Å². The molecule has 1 atom stereocenters. The summed E-state index contributed by atoms with van der Waals surface area (Å²) in [4.78, 5) is 0. The summed E-state index contributed by atoms with van der Waals surface area (Å²) in [6, 6.07) is 9.24. The smallest absolute Gasteiger partial charge is 0.0207 e. The first-order valence-corrected chi connectivity index (χ1v) is 7.93. The molecule has 1 aliphatic rings. The highest BCUT2D eigenvalue weighted by atomic mass is 79.9. The molecular formula is C16H24BrN. The summed E-state index contributed by atoms with van der Waals surface area (Å²) < 4.78 is 1.26. The number of halogens is 1. The Morgan fingerprint density at radius 3 is 2.56 bits per heavy atom. The van der Waals surface area contributed by atoms with Gasteiger partial charge < -0.3 is 5.32 Å². The molecule has 1 fully saturated rings. The lowest BCUT2D eigenvalue weighted by Crippen LogP contribution is -2.36. The standard InChI is InChI=1S/C16H24BrN/c1-12(2)18-11-15(13-7-5-8-13)10-14-6-3-4-9-16(14)17/h3-4,6,9,12-13,15,18H,5,7-8,10-11H2,1-2H3. The van der Waals surface area contributed by atoms with E-state index in [1.165, 1.54) is 35.7 Å². The van der Waals surface area contributed by atoms with Gasteiger partial charge in [-0.3, -0.25) is 0 Å². The zero-order chi connectivity index (χ0) is 13.0. The van der Waals surface area contributed by atoms with Crippen LogP contribution in [0.15, 0.2) is 28.7 Å². The fraction of sp³-hybridized carbons (Fsp3) is 0.625. The van der Waals surface area contributed by atoms with Crippen molar-refractivity contribution in [2.24, 2.45) is 11.8 Å². The number of hydrogen-bond donors (Lipinski definition) is 1. The molecule has 0 heterocycles. The molecule has 1 N–H and O–H groups in total. The lowest BCUT2D eigenvalue weighted by molar-refractivity contribution is 0.197. The maximum atomic E-state index is 3.67. The molecule has 0 spiro atoms. The van der Waals surface area contributed by atoms with E-state index in [1.54, 1.807) is 0 Å². The molecule has 1 unspecified atom stereocenters. The van der Waals surface area contributed by atoms with Crippen molar-refractivity contribution >= 4 is 15.9 Å². The van der Waals surface area contributed by atoms with Crippen molar-refractivity contribution in [3.05, 3.63) is 34.3 Å². The molecule has 0 aromatic heterocycles. The summed E-state index contributed by atoms with van der Waals surface area (Å²) in [5.41, 5.74) is 1.46. The molecule has 1 aliphatic carbocycles. The highest BCUT2D eigenvalue weighted by Crippen LogP contribution is 2.36. The largest absolute Gasteiger partial charge is 0.314 e. The average Bonchev–Trinajstić information content (AvgIpc) is 2.26. The molecule has 0 radical (unpaired) electrons. The first-order valence-electron chi connectivity index (χ1n) is 7.13. The van der Waals surface area contributed by atoms with Crippen molar-refractivity contribution in [1.29, 1.82) is 0 Å². The molecule has 0 saturated heterocycles. The molecule has 100 valence electrons. The predicted octanol–water partition coefficient (Wildman–Crippen LogP) is 4.41. The van der Waals surface area contributed by atoms with Crippen LogP contribution >= 0.6 is 15.9 Å². The molecule has 1 aromatic carbocycles. The van der Waals surface area contributed by atoms with E-state index >= 15 is 0 Å². The lowest BCUT2D eigenvalue weighted by Gasteiger charge is -2.35. The van der Waals surface area contributed by atoms with E-state index in [1.807, 2.05) is 0 Å². The van der Waals surface area contributed by atoms with Crippen LogP contribution in [0.4, 0.5) is 0 Å². The van der Waals surface area contributed by atoms with E-state index in [0.29, 0.717) is 6.04 Å². The second-order valence-corrected chi connectivity index (χ2v) is 6.66. The van der Waals surface area contributed by atoms with Crippen molar-refractivity contribution in [3.63, 3.8) is 0 Å². The van der Waals surface area contributed by atoms with Gasteiger partial charge in [-0.15, -0.1) is 0 Å². The SMILES string of the molecule is CC(C)NCC(Cc1ccccc1Br)C1CCC1. The minimum absolute atomic E-state index is 0.590. The summed E-state index contributed by atoms with van der Waals surface area (Å²) >= 11 is 3.67. The van der Waals surface area contributed by atoms with Gasteiger partial charge >= 0.3 is 0 Å². The van der Waals surface area contributed by atoms with Gasteiger partial charge in [0.15, 0.2) is 0 Å². The molecule has 1 nitrogen and oxygen atoms in total. The van der Waals surface area contributed by atoms with Crippen molar-refractivity contribution in [1.82, 2.24) is 5.32 Å². The Morgan fingerprint density at radius 1 is 1.28 bits per heavy atom. The minimum Gasteiger partial charge on any atom is -0.314 e. The van der Waals surface area contributed by atoms with Crippen molar-refractivity contribution in [3.8, 4) is 0 Å². The Bertz CT molecular complexity index is 371. The average molecular weight is 310 g/mol. The Balaban J connectivity index is 1.98. The summed E-state index contributed by atoms with van der Waals surface area (Å²) in [6.07, 6.45) is 5.48. The normalized spacial score (nSPS) is 17.8. The van der Waals surface area contributed by atoms with E-state index in [0.717, 1.165) is 18.4 Å². The third-order valence-electron chi connectivity index (χ3n) is 4.04. The number of rotatable bonds is 6. The molecule has 1 saturated carbocycles. The van der Waals surface area contributed by atoms with Gasteiger partial charge in [0.2, 0.25) is 0 Å². The Hall–Kier alpha value is -0.340. The van der Waals surface area contributed by atoms with E-state index < -0.39 is 0 Å². The van der Waals surface area contributed by atoms with Crippen LogP contribution in [-0.4, -0.2) is 12.6 Å². The molecule has 2 rings (SSSR count). The second-order valence-electron chi connectivity index (χ2n) is 5.81. The topological polar surface area (TPSA) is 12.0 Å². The maximum Gasteiger partial charge on any atom is 0.0207 e. The van der Waals surface area contributed by atoms with Gasteiger partial charge in [0.05, 0.1) is 0 Å². The first-order chi connectivity index (χ1) is 8.66. The van der Waals surface area contributed by atoms with Gasteiger partial charge in [-0.2, -0.15) is 0 Å². The highest BCUT2D eigenvalue weighted by molar-refractivity contribution is 9.10. The highest BCUT2D eigenvalue weighted by Gasteiger charge is 2.27. The molecule has 2 heteroatoms. The van der Waals surface area contributed by atoms with E-state index in [4.69, 9.17) is 0 Å². The second kappa shape index (κ2) is 6.72. The van der Waals surface area contributed by atoms with Gasteiger partial charge in [0.1, 0.15) is 0 Å². The predicted molar refractivity (Wildman–Crippen MR) is 81.8 cm³/mol. The van der Waals surface area contributed by atoms with Gasteiger partial charge in [0.25, 0.3) is 0 Å². The molecular weight excluding hydrogens is 286 g/mol. The zero-order valence-corrected chi connectivity index (χ0v) is 13.0. The van der Waals surface area contributed by atoms with Gasteiger partial charge in [-0.25, -0.2) is 0 Å². The summed E-state index contributed by atoms with van der Waals surface area (Å²) in [5.74, 6) is 1.73. The van der Waals surface area contributed by atoms with Crippen molar-refractivity contribution < 1.29 is 0 Å². The summed E-state index contributed by atoms with van der Waals surface area (Å²) in [5, 5.41) is 3.62. The van der Waals surface area contributed by atoms with Crippen molar-refractivity contribution in [2.75, 3.05) is 6.54 Å². The maximum absolute atomic E-state index is 3.67. The van der Waals surface area contributed by atoms with Crippen LogP contribution in [0.25, 0.3) is 0 Å². The zero-order valence-electron chi connectivity index (χ0n) is 11.5. The summed E-state index contributed by atoms with van der Waals surface area (Å²) in [7, 11) is 0. The van der Waals surface area contributed by atoms with Crippen molar-refractivity contribution in [2.45, 2.75) is 45.6 Å². The number of benzene rings is 1. The van der Waals surface area contributed by atoms with Crippen LogP contribution in [-0.2, 0) is 6.42 Å². The molecule has 18 heavy (non-hydrogen) atoms. The molecule has 0 aliphatic heterocycles. The first kappa shape index (κ1) is 14.1. The summed E-state index contributed by atoms with van der Waals surface area (Å²) in [6.45, 7) is 5.62. The fourth-order valence-electron chi connectivity index (χ4n) is 2.65. The lowest BCUT2D eigenvalue weighted by atomic mass is 9.73. The third kappa shape index (κ3) is 3.83. The van der Waals surface area contributed by atoms with E-state index in [9.17, 15) is 0 Å². The minimum atomic E-state index is 0.590. The fourth-order valence-corrected chi connectivity index (χ4v) is 3.10. The Morgan fingerprint density at radius 2 is 2.00 bits per heavy atom. The molecule has 1 aromatic rings. The van der Waals surface area contributed by atoms with Gasteiger partial charge in [-0.1, -0.05) is 67.2 Å². The van der Waals surface area contributed by atoms with E-state index in [2.05, 4.69) is 59.4 Å². The van der Waals surface area contributed by atoms with Crippen LogP contribution < -0.4 is 5.32 Å². The monoisotopic (exact) mass is 309 g/mol. The van der Waals surface area contributed by atoms with Gasteiger partial charge in [0, 0.05) is 10.5 Å². The Labute approximate surface area is 119 Å². The van der Waals surface area contributed by atoms with Crippen LogP contribution in [0.1, 0.15) is 38.7 Å².